The maximum absolute atomic E-state index is 10.6. The van der Waals surface area contributed by atoms with Crippen molar-refractivity contribution in [3.05, 3.63) is 22.4 Å². The first-order valence-corrected chi connectivity index (χ1v) is 7.77. The number of carboxylic acid groups (broad SMARTS) is 2. The summed E-state index contributed by atoms with van der Waals surface area (Å²) in [6.07, 6.45) is -10.2. The maximum atomic E-state index is 10.6. The normalized spacial score (nSPS) is 15.2. The molecule has 1 saturated heterocycles. The largest absolute Gasteiger partial charge is 0.490 e. The molecule has 0 unspecified atom stereocenters. The van der Waals surface area contributed by atoms with Gasteiger partial charge in [-0.2, -0.15) is 26.3 Å². The Labute approximate surface area is 148 Å². The molecule has 13 heteroatoms. The van der Waals surface area contributed by atoms with Gasteiger partial charge < -0.3 is 15.5 Å². The lowest BCUT2D eigenvalue weighted by molar-refractivity contribution is -0.193. The number of halogens is 6. The highest BCUT2D eigenvalue weighted by Gasteiger charge is 2.38. The molecule has 1 aliphatic heterocycles. The number of hydrogen-bond acceptors (Lipinski definition) is 5. The fourth-order valence-corrected chi connectivity index (χ4v) is 2.24. The van der Waals surface area contributed by atoms with E-state index in [9.17, 15) is 26.3 Å². The lowest BCUT2D eigenvalue weighted by Gasteiger charge is -2.26. The van der Waals surface area contributed by atoms with Gasteiger partial charge in [0.05, 0.1) is 0 Å². The van der Waals surface area contributed by atoms with E-state index in [-0.39, 0.29) is 0 Å². The van der Waals surface area contributed by atoms with Crippen LogP contribution in [0.1, 0.15) is 4.88 Å². The van der Waals surface area contributed by atoms with Gasteiger partial charge in [-0.25, -0.2) is 9.59 Å². The highest BCUT2D eigenvalue weighted by atomic mass is 32.1. The first-order valence-electron chi connectivity index (χ1n) is 6.89. The summed E-state index contributed by atoms with van der Waals surface area (Å²) in [5, 5.41) is 19.8. The number of nitrogens with one attached hydrogen (secondary N) is 1. The summed E-state index contributed by atoms with van der Waals surface area (Å²) < 4.78 is 63.5. The van der Waals surface area contributed by atoms with Gasteiger partial charge in [0.25, 0.3) is 0 Å². The van der Waals surface area contributed by atoms with Crippen molar-refractivity contribution in [2.75, 3.05) is 26.2 Å². The van der Waals surface area contributed by atoms with Crippen molar-refractivity contribution in [2.45, 2.75) is 18.9 Å². The van der Waals surface area contributed by atoms with E-state index in [1.54, 1.807) is 0 Å². The van der Waals surface area contributed by atoms with E-state index in [1.807, 2.05) is 11.3 Å². The molecule has 6 nitrogen and oxygen atoms in total. The predicted octanol–water partition coefficient (Wildman–Crippen LogP) is 2.42. The fourth-order valence-electron chi connectivity index (χ4n) is 1.49. The molecule has 26 heavy (non-hydrogen) atoms. The number of piperazine rings is 1. The summed E-state index contributed by atoms with van der Waals surface area (Å²) >= 11 is 1.85. The molecule has 0 amide bonds. The molecular weight excluding hydrogens is 394 g/mol. The molecule has 1 fully saturated rings. The van der Waals surface area contributed by atoms with Crippen LogP contribution in [0.15, 0.2) is 17.5 Å². The number of carboxylic acids is 2. The summed E-state index contributed by atoms with van der Waals surface area (Å²) in [5.74, 6) is -5.51. The van der Waals surface area contributed by atoms with Crippen molar-refractivity contribution in [3.8, 4) is 0 Å². The molecule has 0 aliphatic carbocycles. The first kappa shape index (κ1) is 24.1. The van der Waals surface area contributed by atoms with E-state index in [2.05, 4.69) is 27.7 Å². The summed E-state index contributed by atoms with van der Waals surface area (Å²) in [6.45, 7) is 5.81. The highest BCUT2D eigenvalue weighted by Crippen LogP contribution is 2.14. The number of nitrogens with zero attached hydrogens (tertiary/aromatic N) is 1. The monoisotopic (exact) mass is 410 g/mol. The lowest BCUT2D eigenvalue weighted by atomic mass is 10.3. The average Bonchev–Trinajstić information content (AvgIpc) is 3.00. The second-order valence-electron chi connectivity index (χ2n) is 4.71. The minimum absolute atomic E-state index is 1.14. The van der Waals surface area contributed by atoms with Crippen LogP contribution in [0.4, 0.5) is 26.3 Å². The van der Waals surface area contributed by atoms with Crippen molar-refractivity contribution < 1.29 is 46.1 Å². The van der Waals surface area contributed by atoms with Crippen LogP contribution in [0.25, 0.3) is 0 Å². The van der Waals surface area contributed by atoms with Crippen LogP contribution in [0.3, 0.4) is 0 Å². The van der Waals surface area contributed by atoms with Crippen molar-refractivity contribution in [2.24, 2.45) is 0 Å². The van der Waals surface area contributed by atoms with E-state index in [1.165, 1.54) is 18.0 Å². The molecule has 150 valence electrons. The van der Waals surface area contributed by atoms with E-state index in [0.29, 0.717) is 0 Å². The Morgan fingerprint density at radius 1 is 1.04 bits per heavy atom. The molecular formula is C13H16F6N2O4S. The van der Waals surface area contributed by atoms with Gasteiger partial charge in [0.1, 0.15) is 0 Å². The van der Waals surface area contributed by atoms with Gasteiger partial charge in [-0.05, 0) is 11.4 Å². The van der Waals surface area contributed by atoms with Crippen LogP contribution >= 0.6 is 11.3 Å². The quantitative estimate of drug-likeness (QED) is 0.649. The summed E-state index contributed by atoms with van der Waals surface area (Å²) in [7, 11) is 0. The summed E-state index contributed by atoms with van der Waals surface area (Å²) in [4.78, 5) is 21.8. The summed E-state index contributed by atoms with van der Waals surface area (Å²) in [6, 6.07) is 4.34. The Kier molecular flexibility index (Phi) is 10.2. The molecule has 0 radical (unpaired) electrons. The maximum Gasteiger partial charge on any atom is 0.490 e. The summed E-state index contributed by atoms with van der Waals surface area (Å²) in [5.41, 5.74) is 0. The van der Waals surface area contributed by atoms with Crippen molar-refractivity contribution in [3.63, 3.8) is 0 Å². The molecule has 1 aromatic heterocycles. The zero-order valence-electron chi connectivity index (χ0n) is 13.1. The molecule has 2 heterocycles. The van der Waals surface area contributed by atoms with E-state index in [0.717, 1.165) is 19.6 Å². The molecule has 0 aromatic carbocycles. The van der Waals surface area contributed by atoms with Gasteiger partial charge in [-0.1, -0.05) is 6.07 Å². The zero-order chi connectivity index (χ0) is 20.4. The molecule has 0 bridgehead atoms. The van der Waals surface area contributed by atoms with Crippen LogP contribution in [0.2, 0.25) is 0 Å². The van der Waals surface area contributed by atoms with Crippen LogP contribution in [0, 0.1) is 0 Å². The van der Waals surface area contributed by atoms with Gasteiger partial charge >= 0.3 is 24.3 Å². The Morgan fingerprint density at radius 3 is 1.77 bits per heavy atom. The van der Waals surface area contributed by atoms with Crippen molar-refractivity contribution in [1.82, 2.24) is 10.2 Å². The van der Waals surface area contributed by atoms with Gasteiger partial charge in [0.15, 0.2) is 0 Å². The second-order valence-corrected chi connectivity index (χ2v) is 5.74. The minimum atomic E-state index is -5.08. The third-order valence-corrected chi connectivity index (χ3v) is 3.52. The number of thiophene rings is 1. The highest BCUT2D eigenvalue weighted by molar-refractivity contribution is 7.09. The number of alkyl halides is 6. The standard InChI is InChI=1S/C9H14N2S.2C2HF3O2/c1-2-9(12-7-1)8-11-5-3-10-4-6-11;2*3-2(4,5)1(6)7/h1-2,7,10H,3-6,8H2;2*(H,6,7). The third kappa shape index (κ3) is 11.7. The van der Waals surface area contributed by atoms with E-state index in [4.69, 9.17) is 19.8 Å². The van der Waals surface area contributed by atoms with Gasteiger partial charge in [0.2, 0.25) is 0 Å². The Bertz CT molecular complexity index is 518. The lowest BCUT2D eigenvalue weighted by Crippen LogP contribution is -2.42. The topological polar surface area (TPSA) is 89.9 Å². The second kappa shape index (κ2) is 11.0. The number of rotatable bonds is 2. The van der Waals surface area contributed by atoms with Crippen LogP contribution < -0.4 is 5.32 Å². The molecule has 1 aromatic rings. The number of hydrogen-bond donors (Lipinski definition) is 3. The molecule has 3 N–H and O–H groups in total. The number of carbonyl (C=O) groups is 2. The van der Waals surface area contributed by atoms with Crippen LogP contribution in [0.5, 0.6) is 0 Å². The molecule has 0 spiro atoms. The van der Waals surface area contributed by atoms with Gasteiger partial charge in [-0.15, -0.1) is 11.3 Å². The fraction of sp³-hybridized carbons (Fsp3) is 0.538. The molecule has 0 saturated carbocycles. The van der Waals surface area contributed by atoms with E-state index >= 15 is 0 Å². The molecule has 0 atom stereocenters. The molecule has 1 aliphatic rings. The zero-order valence-corrected chi connectivity index (χ0v) is 13.9. The van der Waals surface area contributed by atoms with Gasteiger partial charge in [0, 0.05) is 37.6 Å². The number of aliphatic carboxylic acids is 2. The molecule has 2 rings (SSSR count). The van der Waals surface area contributed by atoms with Crippen molar-refractivity contribution in [1.29, 1.82) is 0 Å². The smallest absolute Gasteiger partial charge is 0.475 e. The Morgan fingerprint density at radius 2 is 1.46 bits per heavy atom. The van der Waals surface area contributed by atoms with Crippen LogP contribution in [-0.4, -0.2) is 65.6 Å². The van der Waals surface area contributed by atoms with Crippen molar-refractivity contribution >= 4 is 23.3 Å². The SMILES string of the molecule is O=C(O)C(F)(F)F.O=C(O)C(F)(F)F.c1csc(CN2CCNCC2)c1. The average molecular weight is 410 g/mol. The Hall–Kier alpha value is -1.86. The predicted molar refractivity (Wildman–Crippen MR) is 79.8 cm³/mol. The minimum Gasteiger partial charge on any atom is -0.475 e. The van der Waals surface area contributed by atoms with Gasteiger partial charge in [-0.3, -0.25) is 4.90 Å². The first-order chi connectivity index (χ1) is 11.8. The van der Waals surface area contributed by atoms with E-state index < -0.39 is 24.3 Å². The Balaban J connectivity index is 0.000000390. The third-order valence-electron chi connectivity index (χ3n) is 2.65. The van der Waals surface area contributed by atoms with Crippen LogP contribution in [-0.2, 0) is 16.1 Å².